The Morgan fingerprint density at radius 2 is 1.89 bits per heavy atom. The monoisotopic (exact) mass is 400 g/mol. The minimum absolute atomic E-state index is 0.0121. The molecule has 150 valence electrons. The average Bonchev–Trinajstić information content (AvgIpc) is 3.15. The maximum Gasteiger partial charge on any atom is 0.324 e. The molecular weight excluding hydrogens is 375 g/mol. The highest BCUT2D eigenvalue weighted by Gasteiger charge is 2.40. The number of ether oxygens (including phenoxy) is 1. The third-order valence-electron chi connectivity index (χ3n) is 4.59. The summed E-state index contributed by atoms with van der Waals surface area (Å²) in [5.41, 5.74) is 0. The number of nitrogens with one attached hydrogen (secondary N) is 1. The van der Waals surface area contributed by atoms with Gasteiger partial charge >= 0.3 is 5.97 Å². The van der Waals surface area contributed by atoms with Gasteiger partial charge in [0.2, 0.25) is 10.0 Å². The molecule has 1 aromatic rings. The number of esters is 1. The molecular formula is C18H25FN2O5S. The molecule has 1 saturated heterocycles. The highest BCUT2D eigenvalue weighted by Crippen LogP contribution is 2.27. The van der Waals surface area contributed by atoms with E-state index in [9.17, 15) is 22.4 Å². The quantitative estimate of drug-likeness (QED) is 0.672. The Morgan fingerprint density at radius 3 is 2.48 bits per heavy atom. The first kappa shape index (κ1) is 21.3. The van der Waals surface area contributed by atoms with Crippen molar-refractivity contribution in [2.45, 2.75) is 56.5 Å². The van der Waals surface area contributed by atoms with Crippen molar-refractivity contribution < 1.29 is 27.1 Å². The maximum absolute atomic E-state index is 13.1. The van der Waals surface area contributed by atoms with Crippen molar-refractivity contribution in [2.24, 2.45) is 0 Å². The zero-order valence-corrected chi connectivity index (χ0v) is 16.3. The molecule has 9 heteroatoms. The second-order valence-corrected chi connectivity index (χ2v) is 8.31. The van der Waals surface area contributed by atoms with Crippen molar-refractivity contribution in [3.63, 3.8) is 0 Å². The fourth-order valence-corrected chi connectivity index (χ4v) is 4.65. The molecule has 0 unspecified atom stereocenters. The first-order chi connectivity index (χ1) is 12.8. The Balaban J connectivity index is 2.01. The van der Waals surface area contributed by atoms with Crippen LogP contribution in [0.2, 0.25) is 0 Å². The number of rotatable bonds is 8. The topological polar surface area (TPSA) is 92.8 Å². The molecule has 1 heterocycles. The largest absolute Gasteiger partial charge is 0.454 e. The summed E-state index contributed by atoms with van der Waals surface area (Å²) in [7, 11) is -3.95. The summed E-state index contributed by atoms with van der Waals surface area (Å²) in [5, 5.41) is 2.75. The van der Waals surface area contributed by atoms with Crippen molar-refractivity contribution in [3.8, 4) is 0 Å². The number of hydrogen-bond donors (Lipinski definition) is 1. The molecule has 1 N–H and O–H groups in total. The number of hydrogen-bond acceptors (Lipinski definition) is 5. The molecule has 7 nitrogen and oxygen atoms in total. The Bertz CT molecular complexity index is 762. The minimum Gasteiger partial charge on any atom is -0.454 e. The first-order valence-corrected chi connectivity index (χ1v) is 10.5. The smallest absolute Gasteiger partial charge is 0.324 e. The van der Waals surface area contributed by atoms with Gasteiger partial charge in [-0.05, 0) is 49.9 Å². The second kappa shape index (κ2) is 9.27. The van der Waals surface area contributed by atoms with E-state index in [0.29, 0.717) is 12.8 Å². The highest BCUT2D eigenvalue weighted by molar-refractivity contribution is 7.89. The van der Waals surface area contributed by atoms with Crippen molar-refractivity contribution in [1.29, 1.82) is 0 Å². The fourth-order valence-electron chi connectivity index (χ4n) is 3.00. The highest BCUT2D eigenvalue weighted by atomic mass is 32.2. The van der Waals surface area contributed by atoms with E-state index < -0.39 is 40.4 Å². The van der Waals surface area contributed by atoms with Crippen LogP contribution in [0.3, 0.4) is 0 Å². The number of carbonyl (C=O) groups is 2. The molecule has 1 amide bonds. The van der Waals surface area contributed by atoms with Gasteiger partial charge in [0.25, 0.3) is 5.91 Å². The molecule has 1 atom stereocenters. The predicted molar refractivity (Wildman–Crippen MR) is 96.8 cm³/mol. The summed E-state index contributed by atoms with van der Waals surface area (Å²) in [4.78, 5) is 24.1. The summed E-state index contributed by atoms with van der Waals surface area (Å²) >= 11 is 0. The van der Waals surface area contributed by atoms with Gasteiger partial charge in [-0.1, -0.05) is 13.8 Å². The molecule has 1 aliphatic heterocycles. The van der Waals surface area contributed by atoms with Crippen LogP contribution in [0.5, 0.6) is 0 Å². The van der Waals surface area contributed by atoms with Crippen molar-refractivity contribution in [3.05, 3.63) is 30.1 Å². The lowest BCUT2D eigenvalue weighted by Crippen LogP contribution is -2.43. The van der Waals surface area contributed by atoms with Crippen LogP contribution in [-0.2, 0) is 24.3 Å². The Labute approximate surface area is 158 Å². The van der Waals surface area contributed by atoms with E-state index in [4.69, 9.17) is 4.74 Å². The van der Waals surface area contributed by atoms with E-state index in [1.807, 2.05) is 13.8 Å². The Morgan fingerprint density at radius 1 is 1.26 bits per heavy atom. The van der Waals surface area contributed by atoms with Gasteiger partial charge in [0.15, 0.2) is 6.61 Å². The average molecular weight is 400 g/mol. The molecule has 1 fully saturated rings. The summed E-state index contributed by atoms with van der Waals surface area (Å²) in [6, 6.07) is 3.46. The van der Waals surface area contributed by atoms with Gasteiger partial charge in [-0.15, -0.1) is 0 Å². The van der Waals surface area contributed by atoms with Crippen LogP contribution in [0, 0.1) is 5.82 Å². The normalized spacial score (nSPS) is 17.9. The van der Waals surface area contributed by atoms with E-state index in [1.165, 1.54) is 0 Å². The second-order valence-electron chi connectivity index (χ2n) is 6.42. The van der Waals surface area contributed by atoms with Gasteiger partial charge in [-0.2, -0.15) is 4.31 Å². The molecule has 0 spiro atoms. The molecule has 0 radical (unpaired) electrons. The van der Waals surface area contributed by atoms with Crippen LogP contribution >= 0.6 is 0 Å². The molecule has 0 bridgehead atoms. The van der Waals surface area contributed by atoms with Gasteiger partial charge in [-0.25, -0.2) is 12.8 Å². The van der Waals surface area contributed by atoms with Gasteiger partial charge in [0, 0.05) is 12.6 Å². The molecule has 0 aliphatic carbocycles. The van der Waals surface area contributed by atoms with Crippen molar-refractivity contribution >= 4 is 21.9 Å². The molecule has 1 aromatic carbocycles. The van der Waals surface area contributed by atoms with Gasteiger partial charge in [0.1, 0.15) is 11.9 Å². The van der Waals surface area contributed by atoms with E-state index in [-0.39, 0.29) is 17.5 Å². The standard InChI is InChI=1S/C18H25FN2O5S/c1-3-14(4-2)20-17(22)12-26-18(23)16-6-5-11-21(16)27(24,25)15-9-7-13(19)8-10-15/h7-10,14,16H,3-6,11-12H2,1-2H3,(H,20,22)/t16-/m0/s1. The molecule has 27 heavy (non-hydrogen) atoms. The molecule has 2 rings (SSSR count). The first-order valence-electron chi connectivity index (χ1n) is 9.03. The van der Waals surface area contributed by atoms with Crippen molar-refractivity contribution in [1.82, 2.24) is 9.62 Å². The third kappa shape index (κ3) is 5.26. The molecule has 1 aliphatic rings. The summed E-state index contributed by atoms with van der Waals surface area (Å²) in [6.07, 6.45) is 2.35. The van der Waals surface area contributed by atoms with E-state index in [2.05, 4.69) is 5.32 Å². The van der Waals surface area contributed by atoms with Crippen LogP contribution in [0.15, 0.2) is 29.2 Å². The van der Waals surface area contributed by atoms with E-state index >= 15 is 0 Å². The van der Waals surface area contributed by atoms with Crippen LogP contribution in [0.4, 0.5) is 4.39 Å². The Hall–Kier alpha value is -2.00. The van der Waals surface area contributed by atoms with Crippen LogP contribution in [-0.4, -0.2) is 49.8 Å². The van der Waals surface area contributed by atoms with E-state index in [1.54, 1.807) is 0 Å². The number of nitrogens with zero attached hydrogens (tertiary/aromatic N) is 1. The van der Waals surface area contributed by atoms with Crippen molar-refractivity contribution in [2.75, 3.05) is 13.2 Å². The number of carbonyl (C=O) groups excluding carboxylic acids is 2. The predicted octanol–water partition coefficient (Wildman–Crippen LogP) is 1.83. The lowest BCUT2D eigenvalue weighted by atomic mass is 10.2. The number of amides is 1. The summed E-state index contributed by atoms with van der Waals surface area (Å²) < 4.78 is 44.6. The van der Waals surface area contributed by atoms with Gasteiger partial charge < -0.3 is 10.1 Å². The minimum atomic E-state index is -3.95. The number of halogens is 1. The lowest BCUT2D eigenvalue weighted by Gasteiger charge is -2.23. The Kier molecular flexibility index (Phi) is 7.32. The number of sulfonamides is 1. The fraction of sp³-hybridized carbons (Fsp3) is 0.556. The van der Waals surface area contributed by atoms with Crippen LogP contribution in [0.1, 0.15) is 39.5 Å². The lowest BCUT2D eigenvalue weighted by molar-refractivity contribution is -0.151. The third-order valence-corrected chi connectivity index (χ3v) is 6.51. The zero-order valence-electron chi connectivity index (χ0n) is 15.5. The maximum atomic E-state index is 13.1. The van der Waals surface area contributed by atoms with E-state index in [0.717, 1.165) is 41.4 Å². The van der Waals surface area contributed by atoms with Crippen LogP contribution < -0.4 is 5.32 Å². The SMILES string of the molecule is CCC(CC)NC(=O)COC(=O)[C@@H]1CCCN1S(=O)(=O)c1ccc(F)cc1. The zero-order chi connectivity index (χ0) is 20.0. The summed E-state index contributed by atoms with van der Waals surface area (Å²) in [6.45, 7) is 3.60. The summed E-state index contributed by atoms with van der Waals surface area (Å²) in [5.74, 6) is -1.71. The molecule has 0 saturated carbocycles. The van der Waals surface area contributed by atoms with Crippen LogP contribution in [0.25, 0.3) is 0 Å². The number of benzene rings is 1. The van der Waals surface area contributed by atoms with Gasteiger partial charge in [-0.3, -0.25) is 9.59 Å². The molecule has 0 aromatic heterocycles. The van der Waals surface area contributed by atoms with Gasteiger partial charge in [0.05, 0.1) is 4.90 Å².